The molecule has 1 saturated heterocycles. The molecule has 0 aliphatic carbocycles. The summed E-state index contributed by atoms with van der Waals surface area (Å²) in [6, 6.07) is 10.5. The SMILES string of the molecule is C[C@@H]1c2ccsc2CCN1C(=O)COc1ccc(C2SCCS2)cc1. The summed E-state index contributed by atoms with van der Waals surface area (Å²) in [5, 5.41) is 2.12. The lowest BCUT2D eigenvalue weighted by Gasteiger charge is -2.33. The van der Waals surface area contributed by atoms with E-state index in [9.17, 15) is 4.79 Å². The molecular formula is C19H21NO2S3. The minimum atomic E-state index is 0.0651. The summed E-state index contributed by atoms with van der Waals surface area (Å²) in [4.78, 5) is 15.9. The number of fused-ring (bicyclic) bond motifs is 1. The lowest BCUT2D eigenvalue weighted by atomic mass is 10.0. The van der Waals surface area contributed by atoms with Gasteiger partial charge >= 0.3 is 0 Å². The molecular weight excluding hydrogens is 370 g/mol. The van der Waals surface area contributed by atoms with Crippen LogP contribution in [0.5, 0.6) is 5.75 Å². The molecule has 0 saturated carbocycles. The van der Waals surface area contributed by atoms with Crippen LogP contribution in [0.15, 0.2) is 35.7 Å². The van der Waals surface area contributed by atoms with Gasteiger partial charge in [-0.25, -0.2) is 0 Å². The van der Waals surface area contributed by atoms with E-state index in [-0.39, 0.29) is 18.6 Å². The van der Waals surface area contributed by atoms with Gasteiger partial charge in [0.2, 0.25) is 0 Å². The van der Waals surface area contributed by atoms with Crippen molar-refractivity contribution in [1.29, 1.82) is 0 Å². The van der Waals surface area contributed by atoms with Gasteiger partial charge in [0.25, 0.3) is 5.91 Å². The number of carbonyl (C=O) groups is 1. The summed E-state index contributed by atoms with van der Waals surface area (Å²) < 4.78 is 6.30. The molecule has 3 heterocycles. The average Bonchev–Trinajstić information content (AvgIpc) is 3.32. The van der Waals surface area contributed by atoms with Crippen molar-refractivity contribution in [3.8, 4) is 5.75 Å². The molecule has 1 atom stereocenters. The molecule has 1 amide bonds. The number of thiophene rings is 1. The smallest absolute Gasteiger partial charge is 0.261 e. The largest absolute Gasteiger partial charge is 0.484 e. The highest BCUT2D eigenvalue weighted by Crippen LogP contribution is 2.45. The zero-order valence-electron chi connectivity index (χ0n) is 14.1. The predicted octanol–water partition coefficient (Wildman–Crippen LogP) is 4.75. The fourth-order valence-corrected chi connectivity index (χ4v) is 7.17. The summed E-state index contributed by atoms with van der Waals surface area (Å²) in [6.07, 6.45) is 0.953. The molecule has 0 N–H and O–H groups in total. The molecule has 25 heavy (non-hydrogen) atoms. The van der Waals surface area contributed by atoms with Gasteiger partial charge in [-0.3, -0.25) is 4.79 Å². The third kappa shape index (κ3) is 3.71. The van der Waals surface area contributed by atoms with Gasteiger partial charge in [-0.1, -0.05) is 12.1 Å². The van der Waals surface area contributed by atoms with Gasteiger partial charge in [0.15, 0.2) is 6.61 Å². The van der Waals surface area contributed by atoms with E-state index in [2.05, 4.69) is 30.5 Å². The first-order valence-corrected chi connectivity index (χ1v) is 11.5. The van der Waals surface area contributed by atoms with Crippen LogP contribution in [-0.2, 0) is 11.2 Å². The van der Waals surface area contributed by atoms with Crippen molar-refractivity contribution in [3.63, 3.8) is 0 Å². The monoisotopic (exact) mass is 391 g/mol. The van der Waals surface area contributed by atoms with Gasteiger partial charge in [0.05, 0.1) is 10.6 Å². The van der Waals surface area contributed by atoms with Crippen molar-refractivity contribution >= 4 is 40.8 Å². The topological polar surface area (TPSA) is 29.5 Å². The molecule has 1 fully saturated rings. The fourth-order valence-electron chi connectivity index (χ4n) is 3.35. The van der Waals surface area contributed by atoms with E-state index in [0.29, 0.717) is 4.58 Å². The van der Waals surface area contributed by atoms with Crippen LogP contribution in [0.2, 0.25) is 0 Å². The van der Waals surface area contributed by atoms with Gasteiger partial charge in [-0.05, 0) is 48.1 Å². The van der Waals surface area contributed by atoms with E-state index in [0.717, 1.165) is 18.7 Å². The number of rotatable bonds is 4. The van der Waals surface area contributed by atoms with Crippen LogP contribution < -0.4 is 4.74 Å². The third-order valence-electron chi connectivity index (χ3n) is 4.73. The Morgan fingerprint density at radius 3 is 2.72 bits per heavy atom. The van der Waals surface area contributed by atoms with E-state index in [1.165, 1.54) is 27.5 Å². The second kappa shape index (κ2) is 7.64. The van der Waals surface area contributed by atoms with Gasteiger partial charge in [0, 0.05) is 22.9 Å². The first kappa shape index (κ1) is 17.3. The van der Waals surface area contributed by atoms with Crippen molar-refractivity contribution in [1.82, 2.24) is 4.90 Å². The van der Waals surface area contributed by atoms with E-state index in [4.69, 9.17) is 4.74 Å². The van der Waals surface area contributed by atoms with Crippen molar-refractivity contribution < 1.29 is 9.53 Å². The van der Waals surface area contributed by atoms with Gasteiger partial charge in [-0.2, -0.15) is 0 Å². The highest BCUT2D eigenvalue weighted by molar-refractivity contribution is 8.19. The maximum absolute atomic E-state index is 12.6. The Kier molecular flexibility index (Phi) is 5.29. The van der Waals surface area contributed by atoms with E-state index < -0.39 is 0 Å². The van der Waals surface area contributed by atoms with E-state index in [1.54, 1.807) is 11.3 Å². The number of carbonyl (C=O) groups excluding carboxylic acids is 1. The number of nitrogens with zero attached hydrogens (tertiary/aromatic N) is 1. The average molecular weight is 392 g/mol. The Labute approximate surface area is 161 Å². The van der Waals surface area contributed by atoms with Crippen LogP contribution in [0.4, 0.5) is 0 Å². The number of hydrogen-bond acceptors (Lipinski definition) is 5. The standard InChI is InChI=1S/C19H21NO2S3/c1-13-16-7-9-23-17(16)6-8-20(13)18(21)12-22-15-4-2-14(3-5-15)19-24-10-11-25-19/h2-5,7,9,13,19H,6,8,10-12H2,1H3/t13-/m1/s1. The lowest BCUT2D eigenvalue weighted by Crippen LogP contribution is -2.40. The summed E-state index contributed by atoms with van der Waals surface area (Å²) in [7, 11) is 0. The minimum Gasteiger partial charge on any atom is -0.484 e. The molecule has 2 aromatic rings. The van der Waals surface area contributed by atoms with Gasteiger partial charge in [0.1, 0.15) is 5.75 Å². The Balaban J connectivity index is 1.34. The van der Waals surface area contributed by atoms with Crippen molar-refractivity contribution in [3.05, 3.63) is 51.7 Å². The van der Waals surface area contributed by atoms with Crippen LogP contribution in [0.3, 0.4) is 0 Å². The van der Waals surface area contributed by atoms with E-state index >= 15 is 0 Å². The maximum atomic E-state index is 12.6. The molecule has 3 nitrogen and oxygen atoms in total. The van der Waals surface area contributed by atoms with Crippen LogP contribution in [0.1, 0.15) is 33.6 Å². The normalized spacial score (nSPS) is 20.5. The second-order valence-corrected chi connectivity index (χ2v) is 9.97. The van der Waals surface area contributed by atoms with Crippen LogP contribution in [0, 0.1) is 0 Å². The molecule has 0 unspecified atom stereocenters. The number of amides is 1. The molecule has 6 heteroatoms. The first-order chi connectivity index (χ1) is 12.2. The third-order valence-corrected chi connectivity index (χ3v) is 8.83. The Morgan fingerprint density at radius 1 is 1.20 bits per heavy atom. The quantitative estimate of drug-likeness (QED) is 0.752. The molecule has 4 rings (SSSR count). The molecule has 0 bridgehead atoms. The number of benzene rings is 1. The molecule has 2 aliphatic heterocycles. The lowest BCUT2D eigenvalue weighted by molar-refractivity contribution is -0.135. The fraction of sp³-hybridized carbons (Fsp3) is 0.421. The van der Waals surface area contributed by atoms with Crippen LogP contribution in [0.25, 0.3) is 0 Å². The molecule has 0 radical (unpaired) electrons. The highest BCUT2D eigenvalue weighted by Gasteiger charge is 2.28. The Hall–Kier alpha value is -1.11. The molecule has 0 spiro atoms. The summed E-state index contributed by atoms with van der Waals surface area (Å²) in [6.45, 7) is 3.00. The summed E-state index contributed by atoms with van der Waals surface area (Å²) in [5.41, 5.74) is 2.63. The van der Waals surface area contributed by atoms with Crippen molar-refractivity contribution in [2.45, 2.75) is 24.0 Å². The maximum Gasteiger partial charge on any atom is 0.261 e. The zero-order valence-corrected chi connectivity index (χ0v) is 16.6. The number of thioether (sulfide) groups is 2. The molecule has 132 valence electrons. The summed E-state index contributed by atoms with van der Waals surface area (Å²) >= 11 is 5.78. The highest BCUT2D eigenvalue weighted by atomic mass is 32.2. The van der Waals surface area contributed by atoms with Crippen molar-refractivity contribution in [2.75, 3.05) is 24.7 Å². The van der Waals surface area contributed by atoms with Gasteiger partial charge in [-0.15, -0.1) is 34.9 Å². The molecule has 2 aliphatic rings. The minimum absolute atomic E-state index is 0.0651. The molecule has 1 aromatic carbocycles. The molecule has 1 aromatic heterocycles. The van der Waals surface area contributed by atoms with Gasteiger partial charge < -0.3 is 9.64 Å². The van der Waals surface area contributed by atoms with E-state index in [1.807, 2.05) is 40.6 Å². The van der Waals surface area contributed by atoms with Crippen LogP contribution in [-0.4, -0.2) is 35.5 Å². The predicted molar refractivity (Wildman–Crippen MR) is 108 cm³/mol. The number of ether oxygens (including phenoxy) is 1. The Morgan fingerprint density at radius 2 is 1.96 bits per heavy atom. The van der Waals surface area contributed by atoms with Crippen molar-refractivity contribution in [2.24, 2.45) is 0 Å². The first-order valence-electron chi connectivity index (χ1n) is 8.54. The Bertz CT molecular complexity index is 737. The zero-order chi connectivity index (χ0) is 17.2. The summed E-state index contributed by atoms with van der Waals surface area (Å²) in [5.74, 6) is 3.28. The van der Waals surface area contributed by atoms with Crippen LogP contribution >= 0.6 is 34.9 Å². The second-order valence-electron chi connectivity index (χ2n) is 6.24. The number of hydrogen-bond donors (Lipinski definition) is 0.